The minimum absolute atomic E-state index is 0.0762. The Morgan fingerprint density at radius 2 is 1.90 bits per heavy atom. The van der Waals surface area contributed by atoms with E-state index in [4.69, 9.17) is 4.74 Å². The van der Waals surface area contributed by atoms with E-state index < -0.39 is 0 Å². The fourth-order valence-corrected chi connectivity index (χ4v) is 3.69. The average molecular weight is 410 g/mol. The lowest BCUT2D eigenvalue weighted by Crippen LogP contribution is -2.10. The first-order valence-corrected chi connectivity index (χ1v) is 10.8. The van der Waals surface area contributed by atoms with E-state index in [1.165, 1.54) is 12.8 Å². The lowest BCUT2D eigenvalue weighted by Gasteiger charge is -2.06. The van der Waals surface area contributed by atoms with Crippen LogP contribution < -0.4 is 15.4 Å². The largest absolute Gasteiger partial charge is 0.497 e. The molecule has 0 aliphatic carbocycles. The fraction of sp³-hybridized carbons (Fsp3) is 0.304. The van der Waals surface area contributed by atoms with Crippen molar-refractivity contribution in [2.45, 2.75) is 39.0 Å². The Kier molecular flexibility index (Phi) is 7.64. The lowest BCUT2D eigenvalue weighted by atomic mass is 10.1. The van der Waals surface area contributed by atoms with Crippen molar-refractivity contribution in [3.63, 3.8) is 0 Å². The number of unbranched alkanes of at least 4 members (excludes halogenated alkanes) is 3. The van der Waals surface area contributed by atoms with Crippen LogP contribution in [-0.2, 0) is 4.79 Å². The molecule has 2 aromatic carbocycles. The lowest BCUT2D eigenvalue weighted by molar-refractivity contribution is -0.116. The number of amides is 1. The second-order valence-electron chi connectivity index (χ2n) is 6.83. The Morgan fingerprint density at radius 1 is 1.07 bits per heavy atom. The highest BCUT2D eigenvalue weighted by Crippen LogP contribution is 2.29. The molecule has 0 aliphatic heterocycles. The van der Waals surface area contributed by atoms with Gasteiger partial charge in [0.15, 0.2) is 5.13 Å². The van der Waals surface area contributed by atoms with Gasteiger partial charge >= 0.3 is 0 Å². The number of carbonyl (C=O) groups is 1. The molecule has 0 unspecified atom stereocenters. The number of anilines is 3. The van der Waals surface area contributed by atoms with Crippen molar-refractivity contribution in [3.05, 3.63) is 53.9 Å². The van der Waals surface area contributed by atoms with Gasteiger partial charge < -0.3 is 15.4 Å². The zero-order chi connectivity index (χ0) is 20.5. The summed E-state index contributed by atoms with van der Waals surface area (Å²) in [6.45, 7) is 2.17. The molecule has 6 heteroatoms. The van der Waals surface area contributed by atoms with E-state index in [9.17, 15) is 4.79 Å². The van der Waals surface area contributed by atoms with Crippen molar-refractivity contribution in [2.24, 2.45) is 0 Å². The first-order chi connectivity index (χ1) is 14.2. The SMILES string of the molecule is CCCCCCC(=O)Nc1ccc(-c2csc(Nc3cccc(OC)c3)n2)cc1. The summed E-state index contributed by atoms with van der Waals surface area (Å²) in [6, 6.07) is 15.6. The van der Waals surface area contributed by atoms with E-state index in [0.717, 1.165) is 46.4 Å². The monoisotopic (exact) mass is 409 g/mol. The zero-order valence-corrected chi connectivity index (χ0v) is 17.7. The average Bonchev–Trinajstić information content (AvgIpc) is 3.20. The molecule has 3 aromatic rings. The first kappa shape index (κ1) is 20.9. The van der Waals surface area contributed by atoms with Gasteiger partial charge in [-0.3, -0.25) is 4.79 Å². The van der Waals surface area contributed by atoms with E-state index in [-0.39, 0.29) is 5.91 Å². The molecule has 0 atom stereocenters. The summed E-state index contributed by atoms with van der Waals surface area (Å²) in [6.07, 6.45) is 4.99. The molecule has 29 heavy (non-hydrogen) atoms. The number of ether oxygens (including phenoxy) is 1. The smallest absolute Gasteiger partial charge is 0.224 e. The highest BCUT2D eigenvalue weighted by atomic mass is 32.1. The van der Waals surface area contributed by atoms with Gasteiger partial charge in [-0.1, -0.05) is 44.4 Å². The van der Waals surface area contributed by atoms with Gasteiger partial charge in [0.05, 0.1) is 12.8 Å². The van der Waals surface area contributed by atoms with Crippen molar-refractivity contribution in [3.8, 4) is 17.0 Å². The summed E-state index contributed by atoms with van der Waals surface area (Å²) in [5, 5.41) is 9.11. The summed E-state index contributed by atoms with van der Waals surface area (Å²) >= 11 is 1.55. The Balaban J connectivity index is 1.57. The van der Waals surface area contributed by atoms with Gasteiger partial charge in [0.1, 0.15) is 5.75 Å². The number of benzene rings is 2. The van der Waals surface area contributed by atoms with Crippen LogP contribution in [0.25, 0.3) is 11.3 Å². The second kappa shape index (κ2) is 10.6. The maximum Gasteiger partial charge on any atom is 0.224 e. The molecule has 0 aliphatic rings. The normalized spacial score (nSPS) is 10.6. The third-order valence-electron chi connectivity index (χ3n) is 4.55. The van der Waals surface area contributed by atoms with Gasteiger partial charge in [-0.2, -0.15) is 0 Å². The number of nitrogens with one attached hydrogen (secondary N) is 2. The number of carbonyl (C=O) groups excluding carboxylic acids is 1. The van der Waals surface area contributed by atoms with Crippen LogP contribution in [-0.4, -0.2) is 18.0 Å². The minimum Gasteiger partial charge on any atom is -0.497 e. The molecule has 0 saturated carbocycles. The summed E-state index contributed by atoms with van der Waals surface area (Å²) < 4.78 is 5.25. The standard InChI is InChI=1S/C23H27N3O2S/c1-3-4-5-6-10-22(27)24-18-13-11-17(12-14-18)21-16-29-23(26-21)25-19-8-7-9-20(15-19)28-2/h7-9,11-16H,3-6,10H2,1-2H3,(H,24,27)(H,25,26). The molecule has 2 N–H and O–H groups in total. The Hall–Kier alpha value is -2.86. The van der Waals surface area contributed by atoms with Crippen LogP contribution in [0.2, 0.25) is 0 Å². The molecule has 0 saturated heterocycles. The Morgan fingerprint density at radius 3 is 2.66 bits per heavy atom. The minimum atomic E-state index is 0.0762. The number of rotatable bonds is 10. The molecular weight excluding hydrogens is 382 g/mol. The van der Waals surface area contributed by atoms with Gasteiger partial charge in [-0.15, -0.1) is 11.3 Å². The second-order valence-corrected chi connectivity index (χ2v) is 7.69. The zero-order valence-electron chi connectivity index (χ0n) is 16.9. The highest BCUT2D eigenvalue weighted by Gasteiger charge is 2.07. The molecule has 0 spiro atoms. The van der Waals surface area contributed by atoms with Crippen molar-refractivity contribution in [1.82, 2.24) is 4.98 Å². The van der Waals surface area contributed by atoms with Gasteiger partial charge in [0, 0.05) is 34.8 Å². The molecule has 5 nitrogen and oxygen atoms in total. The topological polar surface area (TPSA) is 63.2 Å². The van der Waals surface area contributed by atoms with Crippen molar-refractivity contribution in [2.75, 3.05) is 17.7 Å². The molecule has 0 bridgehead atoms. The van der Waals surface area contributed by atoms with Crippen molar-refractivity contribution < 1.29 is 9.53 Å². The van der Waals surface area contributed by atoms with E-state index >= 15 is 0 Å². The summed E-state index contributed by atoms with van der Waals surface area (Å²) in [5.74, 6) is 0.877. The van der Waals surface area contributed by atoms with Gasteiger partial charge in [0.25, 0.3) is 0 Å². The molecular formula is C23H27N3O2S. The quantitative estimate of drug-likeness (QED) is 0.377. The van der Waals surface area contributed by atoms with Crippen LogP contribution in [0.4, 0.5) is 16.5 Å². The number of hydrogen-bond donors (Lipinski definition) is 2. The predicted octanol–water partition coefficient (Wildman–Crippen LogP) is 6.47. The van der Waals surface area contributed by atoms with Crippen molar-refractivity contribution >= 4 is 33.8 Å². The Bertz CT molecular complexity index is 922. The highest BCUT2D eigenvalue weighted by molar-refractivity contribution is 7.14. The van der Waals surface area contributed by atoms with E-state index in [2.05, 4.69) is 22.5 Å². The van der Waals surface area contributed by atoms with E-state index in [1.807, 2.05) is 53.9 Å². The third kappa shape index (κ3) is 6.32. The van der Waals surface area contributed by atoms with Crippen LogP contribution in [0.1, 0.15) is 39.0 Å². The van der Waals surface area contributed by atoms with Gasteiger partial charge in [-0.05, 0) is 30.7 Å². The maximum absolute atomic E-state index is 12.0. The molecule has 1 heterocycles. The van der Waals surface area contributed by atoms with E-state index in [1.54, 1.807) is 18.4 Å². The fourth-order valence-electron chi connectivity index (χ4n) is 2.95. The first-order valence-electron chi connectivity index (χ1n) is 9.95. The third-order valence-corrected chi connectivity index (χ3v) is 5.30. The summed E-state index contributed by atoms with van der Waals surface area (Å²) in [7, 11) is 1.65. The number of nitrogens with zero attached hydrogens (tertiary/aromatic N) is 1. The molecule has 0 fully saturated rings. The predicted molar refractivity (Wildman–Crippen MR) is 121 cm³/mol. The number of hydrogen-bond acceptors (Lipinski definition) is 5. The van der Waals surface area contributed by atoms with Gasteiger partial charge in [-0.25, -0.2) is 4.98 Å². The maximum atomic E-state index is 12.0. The Labute approximate surface area is 176 Å². The van der Waals surface area contributed by atoms with Crippen LogP contribution in [0.3, 0.4) is 0 Å². The van der Waals surface area contributed by atoms with Gasteiger partial charge in [0.2, 0.25) is 5.91 Å². The number of aromatic nitrogens is 1. The van der Waals surface area contributed by atoms with Crippen LogP contribution >= 0.6 is 11.3 Å². The number of methoxy groups -OCH3 is 1. The van der Waals surface area contributed by atoms with E-state index in [0.29, 0.717) is 6.42 Å². The summed E-state index contributed by atoms with van der Waals surface area (Å²) in [5.41, 5.74) is 3.67. The molecule has 152 valence electrons. The molecule has 3 rings (SSSR count). The van der Waals surface area contributed by atoms with Crippen molar-refractivity contribution in [1.29, 1.82) is 0 Å². The van der Waals surface area contributed by atoms with Crippen LogP contribution in [0.5, 0.6) is 5.75 Å². The number of thiazole rings is 1. The molecule has 1 amide bonds. The van der Waals surface area contributed by atoms with Crippen LogP contribution in [0, 0.1) is 0 Å². The summed E-state index contributed by atoms with van der Waals surface area (Å²) in [4.78, 5) is 16.7. The van der Waals surface area contributed by atoms with Crippen LogP contribution in [0.15, 0.2) is 53.9 Å². The molecule has 0 radical (unpaired) electrons. The molecule has 1 aromatic heterocycles.